The van der Waals surface area contributed by atoms with Crippen LogP contribution in [0.3, 0.4) is 0 Å². The van der Waals surface area contributed by atoms with Crippen LogP contribution in [0.5, 0.6) is 11.5 Å². The van der Waals surface area contributed by atoms with Gasteiger partial charge in [0.2, 0.25) is 0 Å². The van der Waals surface area contributed by atoms with E-state index in [1.807, 2.05) is 12.1 Å². The van der Waals surface area contributed by atoms with Crippen molar-refractivity contribution in [3.05, 3.63) is 22.7 Å². The molecule has 0 radical (unpaired) electrons. The largest absolute Gasteiger partial charge is 0.493 e. The zero-order chi connectivity index (χ0) is 15.0. The van der Waals surface area contributed by atoms with Gasteiger partial charge in [0.15, 0.2) is 11.5 Å². The summed E-state index contributed by atoms with van der Waals surface area (Å²) in [5, 5.41) is 0.658. The van der Waals surface area contributed by atoms with Crippen LogP contribution in [0, 0.1) is 0 Å². The molecule has 1 aromatic carbocycles. The molecule has 3 rings (SSSR count). The van der Waals surface area contributed by atoms with Gasteiger partial charge in [-0.25, -0.2) is 0 Å². The molecule has 2 unspecified atom stereocenters. The molecule has 2 saturated heterocycles. The highest BCUT2D eigenvalue weighted by molar-refractivity contribution is 6.33. The first-order valence-corrected chi connectivity index (χ1v) is 7.92. The summed E-state index contributed by atoms with van der Waals surface area (Å²) < 4.78 is 10.7. The lowest BCUT2D eigenvalue weighted by Crippen LogP contribution is -2.46. The van der Waals surface area contributed by atoms with Crippen LogP contribution in [0.2, 0.25) is 5.02 Å². The fourth-order valence-electron chi connectivity index (χ4n) is 3.82. The molecule has 0 aliphatic carbocycles. The predicted molar refractivity (Wildman–Crippen MR) is 84.1 cm³/mol. The predicted octanol–water partition coefficient (Wildman–Crippen LogP) is 2.81. The van der Waals surface area contributed by atoms with Crippen molar-refractivity contribution >= 4 is 11.6 Å². The maximum Gasteiger partial charge on any atom is 0.179 e. The molecule has 0 spiro atoms. The number of rotatable bonds is 4. The molecule has 1 aromatic rings. The number of nitrogens with zero attached hydrogens (tertiary/aromatic N) is 1. The van der Waals surface area contributed by atoms with Crippen LogP contribution >= 0.6 is 11.6 Å². The second-order valence-corrected chi connectivity index (χ2v) is 6.44. The molecule has 0 amide bonds. The van der Waals surface area contributed by atoms with Crippen LogP contribution in [-0.4, -0.2) is 37.2 Å². The second-order valence-electron chi connectivity index (χ2n) is 6.06. The molecular formula is C16H23ClN2O2. The Balaban J connectivity index is 1.83. The summed E-state index contributed by atoms with van der Waals surface area (Å²) in [6.45, 7) is 0.862. The quantitative estimate of drug-likeness (QED) is 0.929. The minimum absolute atomic E-state index is 0.361. The highest BCUT2D eigenvalue weighted by Crippen LogP contribution is 2.41. The summed E-state index contributed by atoms with van der Waals surface area (Å²) in [7, 11) is 3.25. The average Bonchev–Trinajstić information content (AvgIpc) is 2.71. The molecule has 2 fully saturated rings. The molecule has 2 N–H and O–H groups in total. The van der Waals surface area contributed by atoms with E-state index in [-0.39, 0.29) is 0 Å². The molecule has 0 aromatic heterocycles. The van der Waals surface area contributed by atoms with Gasteiger partial charge in [0.1, 0.15) is 0 Å². The van der Waals surface area contributed by atoms with Crippen molar-refractivity contribution in [2.24, 2.45) is 5.73 Å². The Morgan fingerprint density at radius 1 is 1.19 bits per heavy atom. The first kappa shape index (κ1) is 14.9. The van der Waals surface area contributed by atoms with Crippen molar-refractivity contribution in [3.8, 4) is 11.5 Å². The number of hydrogen-bond acceptors (Lipinski definition) is 4. The molecule has 0 saturated carbocycles. The highest BCUT2D eigenvalue weighted by Gasteiger charge is 2.39. The van der Waals surface area contributed by atoms with Gasteiger partial charge < -0.3 is 15.2 Å². The van der Waals surface area contributed by atoms with Crippen LogP contribution in [-0.2, 0) is 6.54 Å². The number of piperidine rings is 1. The standard InChI is InChI=1S/C16H23ClN2O2/c1-20-14-6-3-10(15(17)16(14)21-2)9-19-12-4-5-13(19)8-11(18)7-12/h3,6,11-13H,4-5,7-9,18H2,1-2H3. The Labute approximate surface area is 131 Å². The smallest absolute Gasteiger partial charge is 0.179 e. The summed E-state index contributed by atoms with van der Waals surface area (Å²) in [6.07, 6.45) is 4.70. The molecular weight excluding hydrogens is 288 g/mol. The SMILES string of the molecule is COc1ccc(CN2C3CCC2CC(N)C3)c(Cl)c1OC. The maximum absolute atomic E-state index is 6.50. The Bertz CT molecular complexity index is 509. The number of nitrogens with two attached hydrogens (primary N) is 1. The van der Waals surface area contributed by atoms with Gasteiger partial charge in [-0.2, -0.15) is 0 Å². The van der Waals surface area contributed by atoms with Gasteiger partial charge in [-0.15, -0.1) is 0 Å². The van der Waals surface area contributed by atoms with Crippen LogP contribution in [0.4, 0.5) is 0 Å². The lowest BCUT2D eigenvalue weighted by molar-refractivity contribution is 0.120. The van der Waals surface area contributed by atoms with Gasteiger partial charge >= 0.3 is 0 Å². The third-order valence-electron chi connectivity index (χ3n) is 4.84. The third-order valence-corrected chi connectivity index (χ3v) is 5.25. The average molecular weight is 311 g/mol. The van der Waals surface area contributed by atoms with E-state index in [0.717, 1.165) is 24.9 Å². The lowest BCUT2D eigenvalue weighted by Gasteiger charge is -2.38. The number of halogens is 1. The van der Waals surface area contributed by atoms with Crippen LogP contribution in [0.1, 0.15) is 31.2 Å². The molecule has 21 heavy (non-hydrogen) atoms. The van der Waals surface area contributed by atoms with Crippen molar-refractivity contribution in [1.29, 1.82) is 0 Å². The fraction of sp³-hybridized carbons (Fsp3) is 0.625. The van der Waals surface area contributed by atoms with Gasteiger partial charge in [-0.1, -0.05) is 17.7 Å². The molecule has 2 atom stereocenters. The van der Waals surface area contributed by atoms with Gasteiger partial charge in [-0.05, 0) is 37.3 Å². The van der Waals surface area contributed by atoms with Crippen molar-refractivity contribution in [2.45, 2.75) is 50.4 Å². The van der Waals surface area contributed by atoms with E-state index in [1.54, 1.807) is 14.2 Å². The first-order chi connectivity index (χ1) is 10.1. The van der Waals surface area contributed by atoms with Crippen LogP contribution in [0.25, 0.3) is 0 Å². The third kappa shape index (κ3) is 2.72. The normalized spacial score (nSPS) is 28.7. The van der Waals surface area contributed by atoms with E-state index >= 15 is 0 Å². The first-order valence-electron chi connectivity index (χ1n) is 7.54. The van der Waals surface area contributed by atoms with Crippen LogP contribution in [0.15, 0.2) is 12.1 Å². The zero-order valence-corrected chi connectivity index (χ0v) is 13.4. The number of hydrogen-bond donors (Lipinski definition) is 1. The summed E-state index contributed by atoms with van der Waals surface area (Å²) in [5.74, 6) is 1.30. The maximum atomic E-state index is 6.50. The van der Waals surface area contributed by atoms with E-state index < -0.39 is 0 Å². The second kappa shape index (κ2) is 6.03. The monoisotopic (exact) mass is 310 g/mol. The number of benzene rings is 1. The fourth-order valence-corrected chi connectivity index (χ4v) is 4.12. The molecule has 4 nitrogen and oxygen atoms in total. The Morgan fingerprint density at radius 2 is 1.86 bits per heavy atom. The van der Waals surface area contributed by atoms with E-state index in [4.69, 9.17) is 26.8 Å². The van der Waals surface area contributed by atoms with E-state index in [9.17, 15) is 0 Å². The molecule has 116 valence electrons. The summed E-state index contributed by atoms with van der Waals surface area (Å²) in [5.41, 5.74) is 7.23. The van der Waals surface area contributed by atoms with E-state index in [0.29, 0.717) is 34.6 Å². The van der Waals surface area contributed by atoms with Crippen molar-refractivity contribution in [1.82, 2.24) is 4.90 Å². The van der Waals surface area contributed by atoms with Crippen molar-refractivity contribution < 1.29 is 9.47 Å². The molecule has 2 aliphatic rings. The molecule has 2 aliphatic heterocycles. The summed E-state index contributed by atoms with van der Waals surface area (Å²) >= 11 is 6.50. The van der Waals surface area contributed by atoms with Gasteiger partial charge in [0.05, 0.1) is 19.2 Å². The minimum Gasteiger partial charge on any atom is -0.493 e. The molecule has 2 heterocycles. The van der Waals surface area contributed by atoms with E-state index in [2.05, 4.69) is 4.90 Å². The van der Waals surface area contributed by atoms with Gasteiger partial charge in [0.25, 0.3) is 0 Å². The van der Waals surface area contributed by atoms with E-state index in [1.165, 1.54) is 12.8 Å². The summed E-state index contributed by atoms with van der Waals surface area (Å²) in [6, 6.07) is 5.53. The molecule has 2 bridgehead atoms. The van der Waals surface area contributed by atoms with Crippen LogP contribution < -0.4 is 15.2 Å². The molecule has 5 heteroatoms. The summed E-state index contributed by atoms with van der Waals surface area (Å²) in [4.78, 5) is 2.57. The minimum atomic E-state index is 0.361. The van der Waals surface area contributed by atoms with Gasteiger partial charge in [0, 0.05) is 24.7 Å². The van der Waals surface area contributed by atoms with Crippen molar-refractivity contribution in [3.63, 3.8) is 0 Å². The Hall–Kier alpha value is -0.970. The lowest BCUT2D eigenvalue weighted by atomic mass is 9.97. The zero-order valence-electron chi connectivity index (χ0n) is 12.6. The van der Waals surface area contributed by atoms with Gasteiger partial charge in [-0.3, -0.25) is 4.90 Å². The number of methoxy groups -OCH3 is 2. The topological polar surface area (TPSA) is 47.7 Å². The number of fused-ring (bicyclic) bond motifs is 2. The Morgan fingerprint density at radius 3 is 2.43 bits per heavy atom. The Kier molecular flexibility index (Phi) is 4.29. The highest BCUT2D eigenvalue weighted by atomic mass is 35.5. The van der Waals surface area contributed by atoms with Crippen molar-refractivity contribution in [2.75, 3.05) is 14.2 Å². The number of ether oxygens (including phenoxy) is 2.